The van der Waals surface area contributed by atoms with Gasteiger partial charge in [-0.05, 0) is 32.4 Å². The molecule has 1 amide bonds. The molecule has 4 N–H and O–H groups in total. The Kier molecular flexibility index (Phi) is 6.89. The van der Waals surface area contributed by atoms with Crippen molar-refractivity contribution < 1.29 is 29.7 Å². The van der Waals surface area contributed by atoms with E-state index in [4.69, 9.17) is 0 Å². The van der Waals surface area contributed by atoms with Crippen molar-refractivity contribution in [3.8, 4) is 0 Å². The van der Waals surface area contributed by atoms with E-state index in [1.165, 1.54) is 18.9 Å². The van der Waals surface area contributed by atoms with Gasteiger partial charge in [-0.2, -0.15) is 0 Å². The van der Waals surface area contributed by atoms with Crippen molar-refractivity contribution >= 4 is 17.8 Å². The van der Waals surface area contributed by atoms with E-state index < -0.39 is 42.3 Å². The number of benzene rings is 1. The predicted octanol–water partition coefficient (Wildman–Crippen LogP) is -0.446. The first kappa shape index (κ1) is 20.8. The molecule has 1 saturated heterocycles. The standard InChI is InChI=1S/C18H25N3O6/c1-11(15(22)21-14(17(25)26)10-20(2)18(21)27)19-13(16(23)24)9-8-12-6-4-3-5-7-12/h3-7,11,13-14,18-19,27H,8-10H2,1-2H3,(H,23,24)(H,25,26)/t11-,13-,14?,18-/m0/s1. The molecule has 0 radical (unpaired) electrons. The van der Waals surface area contributed by atoms with Crippen LogP contribution in [0.15, 0.2) is 30.3 Å². The van der Waals surface area contributed by atoms with Gasteiger partial charge in [-0.25, -0.2) is 4.79 Å². The molecular formula is C18H25N3O6. The highest BCUT2D eigenvalue weighted by molar-refractivity contribution is 5.88. The Morgan fingerprint density at radius 1 is 1.22 bits per heavy atom. The first-order valence-electron chi connectivity index (χ1n) is 8.68. The summed E-state index contributed by atoms with van der Waals surface area (Å²) in [5.74, 6) is -2.98. The van der Waals surface area contributed by atoms with Crippen molar-refractivity contribution in [2.24, 2.45) is 0 Å². The van der Waals surface area contributed by atoms with E-state index in [0.29, 0.717) is 6.42 Å². The normalized spacial score (nSPS) is 22.4. The number of amides is 1. The van der Waals surface area contributed by atoms with Crippen molar-refractivity contribution in [2.45, 2.75) is 44.2 Å². The Morgan fingerprint density at radius 3 is 2.41 bits per heavy atom. The van der Waals surface area contributed by atoms with Crippen LogP contribution in [0, 0.1) is 0 Å². The van der Waals surface area contributed by atoms with Crippen molar-refractivity contribution in [1.82, 2.24) is 15.1 Å². The maximum absolute atomic E-state index is 12.7. The molecule has 0 aliphatic carbocycles. The van der Waals surface area contributed by atoms with Gasteiger partial charge in [0.2, 0.25) is 5.91 Å². The third-order valence-corrected chi connectivity index (χ3v) is 4.66. The molecule has 148 valence electrons. The van der Waals surface area contributed by atoms with E-state index in [9.17, 15) is 29.7 Å². The van der Waals surface area contributed by atoms with Gasteiger partial charge >= 0.3 is 11.9 Å². The fraction of sp³-hybridized carbons (Fsp3) is 0.500. The highest BCUT2D eigenvalue weighted by atomic mass is 16.4. The molecule has 1 unspecified atom stereocenters. The Bertz CT molecular complexity index is 683. The largest absolute Gasteiger partial charge is 0.480 e. The summed E-state index contributed by atoms with van der Waals surface area (Å²) < 4.78 is 0. The number of aliphatic carboxylic acids is 2. The lowest BCUT2D eigenvalue weighted by atomic mass is 10.0. The van der Waals surface area contributed by atoms with Crippen molar-refractivity contribution in [1.29, 1.82) is 0 Å². The van der Waals surface area contributed by atoms with Gasteiger partial charge in [0.25, 0.3) is 0 Å². The lowest BCUT2D eigenvalue weighted by Gasteiger charge is -2.29. The minimum Gasteiger partial charge on any atom is -0.480 e. The number of carboxylic acid groups (broad SMARTS) is 2. The van der Waals surface area contributed by atoms with Crippen LogP contribution in [0.25, 0.3) is 0 Å². The average Bonchev–Trinajstić information content (AvgIpc) is 2.93. The summed E-state index contributed by atoms with van der Waals surface area (Å²) in [5, 5.41) is 31.6. The van der Waals surface area contributed by atoms with E-state index in [-0.39, 0.29) is 13.0 Å². The number of nitrogens with zero attached hydrogens (tertiary/aromatic N) is 2. The zero-order valence-electron chi connectivity index (χ0n) is 15.3. The molecule has 1 aliphatic rings. The third-order valence-electron chi connectivity index (χ3n) is 4.66. The Morgan fingerprint density at radius 2 is 1.85 bits per heavy atom. The number of aliphatic hydroxyl groups excluding tert-OH is 1. The van der Waals surface area contributed by atoms with Crippen molar-refractivity contribution in [3.05, 3.63) is 35.9 Å². The maximum atomic E-state index is 12.7. The molecule has 1 aliphatic heterocycles. The summed E-state index contributed by atoms with van der Waals surface area (Å²) in [4.78, 5) is 37.8. The highest BCUT2D eigenvalue weighted by Gasteiger charge is 2.45. The van der Waals surface area contributed by atoms with Crippen LogP contribution in [0.3, 0.4) is 0 Å². The second-order valence-corrected chi connectivity index (χ2v) is 6.69. The lowest BCUT2D eigenvalue weighted by Crippen LogP contribution is -2.56. The number of carbonyl (C=O) groups excluding carboxylic acids is 1. The predicted molar refractivity (Wildman–Crippen MR) is 95.7 cm³/mol. The number of aliphatic hydroxyl groups is 1. The van der Waals surface area contributed by atoms with E-state index >= 15 is 0 Å². The van der Waals surface area contributed by atoms with E-state index in [2.05, 4.69) is 5.32 Å². The molecule has 0 spiro atoms. The first-order valence-corrected chi connectivity index (χ1v) is 8.68. The van der Waals surface area contributed by atoms with Gasteiger partial charge in [0.15, 0.2) is 6.35 Å². The van der Waals surface area contributed by atoms with Gasteiger partial charge in [-0.1, -0.05) is 30.3 Å². The number of rotatable bonds is 8. The summed E-state index contributed by atoms with van der Waals surface area (Å²) in [7, 11) is 1.51. The van der Waals surface area contributed by atoms with Crippen LogP contribution >= 0.6 is 0 Å². The molecule has 1 aromatic rings. The Balaban J connectivity index is 2.03. The monoisotopic (exact) mass is 379 g/mol. The van der Waals surface area contributed by atoms with Crippen LogP contribution in [0.2, 0.25) is 0 Å². The molecule has 0 saturated carbocycles. The maximum Gasteiger partial charge on any atom is 0.327 e. The molecule has 4 atom stereocenters. The molecule has 1 aromatic carbocycles. The van der Waals surface area contributed by atoms with Crippen molar-refractivity contribution in [2.75, 3.05) is 13.6 Å². The van der Waals surface area contributed by atoms with Gasteiger partial charge in [0.1, 0.15) is 12.1 Å². The highest BCUT2D eigenvalue weighted by Crippen LogP contribution is 2.19. The molecule has 9 heteroatoms. The molecule has 9 nitrogen and oxygen atoms in total. The summed E-state index contributed by atoms with van der Waals surface area (Å²) in [6.07, 6.45) is -0.587. The van der Waals surface area contributed by atoms with Gasteiger partial charge in [-0.15, -0.1) is 0 Å². The van der Waals surface area contributed by atoms with Gasteiger partial charge < -0.3 is 15.3 Å². The van der Waals surface area contributed by atoms with Gasteiger partial charge in [0.05, 0.1) is 6.04 Å². The Hall–Kier alpha value is -2.49. The van der Waals surface area contributed by atoms with Gasteiger partial charge in [0, 0.05) is 6.54 Å². The second-order valence-electron chi connectivity index (χ2n) is 6.69. The molecule has 0 aromatic heterocycles. The minimum atomic E-state index is -1.37. The quantitative estimate of drug-likeness (QED) is 0.478. The number of hydrogen-bond acceptors (Lipinski definition) is 6. The molecule has 2 rings (SSSR count). The number of likely N-dealkylation sites (N-methyl/N-ethyl adjacent to an activating group) is 1. The molecule has 27 heavy (non-hydrogen) atoms. The third kappa shape index (κ3) is 5.03. The zero-order valence-corrected chi connectivity index (χ0v) is 15.3. The fourth-order valence-electron chi connectivity index (χ4n) is 3.12. The molecule has 1 fully saturated rings. The van der Waals surface area contributed by atoms with E-state index in [1.807, 2.05) is 30.3 Å². The number of carboxylic acids is 2. The minimum absolute atomic E-state index is 0.00860. The average molecular weight is 379 g/mol. The molecular weight excluding hydrogens is 354 g/mol. The lowest BCUT2D eigenvalue weighted by molar-refractivity contribution is -0.159. The van der Waals surface area contributed by atoms with Gasteiger partial charge in [-0.3, -0.25) is 24.7 Å². The number of hydrogen-bond donors (Lipinski definition) is 4. The van der Waals surface area contributed by atoms with Crippen LogP contribution in [0.4, 0.5) is 0 Å². The smallest absolute Gasteiger partial charge is 0.327 e. The summed E-state index contributed by atoms with van der Waals surface area (Å²) in [6, 6.07) is 6.24. The SMILES string of the molecule is C[C@H](N[C@@H](CCc1ccccc1)C(=O)O)C(=O)N1C(C(=O)O)CN(C)[C@@H]1O. The second kappa shape index (κ2) is 8.94. The van der Waals surface area contributed by atoms with Crippen molar-refractivity contribution in [3.63, 3.8) is 0 Å². The fourth-order valence-corrected chi connectivity index (χ4v) is 3.12. The van der Waals surface area contributed by atoms with E-state index in [0.717, 1.165) is 10.5 Å². The number of nitrogens with one attached hydrogen (secondary N) is 1. The zero-order chi connectivity index (χ0) is 20.1. The van der Waals surface area contributed by atoms with Crippen LogP contribution in [0.1, 0.15) is 18.9 Å². The summed E-state index contributed by atoms with van der Waals surface area (Å²) in [6.45, 7) is 1.45. The van der Waals surface area contributed by atoms with Crippen LogP contribution in [0.5, 0.6) is 0 Å². The molecule has 1 heterocycles. The number of carbonyl (C=O) groups is 3. The molecule has 0 bridgehead atoms. The van der Waals surface area contributed by atoms with Crippen LogP contribution in [-0.2, 0) is 20.8 Å². The summed E-state index contributed by atoms with van der Waals surface area (Å²) >= 11 is 0. The number of aryl methyl sites for hydroxylation is 1. The summed E-state index contributed by atoms with van der Waals surface area (Å²) in [5.41, 5.74) is 0.979. The Labute approximate surface area is 157 Å². The topological polar surface area (TPSA) is 130 Å². The van der Waals surface area contributed by atoms with Crippen LogP contribution < -0.4 is 5.32 Å². The first-order chi connectivity index (χ1) is 12.7. The van der Waals surface area contributed by atoms with E-state index in [1.54, 1.807) is 0 Å². The van der Waals surface area contributed by atoms with Crippen LogP contribution in [-0.4, -0.2) is 81.0 Å².